The molecule has 5 atom stereocenters. The van der Waals surface area contributed by atoms with Crippen LogP contribution in [0.25, 0.3) is 0 Å². The van der Waals surface area contributed by atoms with Gasteiger partial charge in [-0.1, -0.05) is 0 Å². The van der Waals surface area contributed by atoms with Crippen molar-refractivity contribution in [3.63, 3.8) is 0 Å². The van der Waals surface area contributed by atoms with E-state index in [9.17, 15) is 9.59 Å². The highest BCUT2D eigenvalue weighted by molar-refractivity contribution is 5.85. The van der Waals surface area contributed by atoms with Gasteiger partial charge in [-0.25, -0.2) is 4.79 Å². The smallest absolute Gasteiger partial charge is 0.329 e. The number of rotatable bonds is 2. The molecule has 88 valence electrons. The lowest BCUT2D eigenvalue weighted by Gasteiger charge is -2.30. The SMILES string of the molecule is CCOC(=O)[C@@H]1[C@@H]2C[C@@H]([C@H]3O[C@@H]23)N1C(C)=O. The topological polar surface area (TPSA) is 59.1 Å². The average Bonchev–Trinajstić information content (AvgIpc) is 2.84. The van der Waals surface area contributed by atoms with Crippen LogP contribution in [0.3, 0.4) is 0 Å². The number of hydrogen-bond donors (Lipinski definition) is 0. The fourth-order valence-electron chi connectivity index (χ4n) is 3.28. The van der Waals surface area contributed by atoms with Gasteiger partial charge in [0.1, 0.15) is 12.1 Å². The highest BCUT2D eigenvalue weighted by Crippen LogP contribution is 2.54. The van der Waals surface area contributed by atoms with Crippen LogP contribution in [0.2, 0.25) is 0 Å². The quantitative estimate of drug-likeness (QED) is 0.488. The number of likely N-dealkylation sites (tertiary alicyclic amines) is 1. The summed E-state index contributed by atoms with van der Waals surface area (Å²) in [5.74, 6) is -0.184. The van der Waals surface area contributed by atoms with Crippen molar-refractivity contribution in [1.82, 2.24) is 4.90 Å². The monoisotopic (exact) mass is 225 g/mol. The van der Waals surface area contributed by atoms with Gasteiger partial charge in [0.05, 0.1) is 18.8 Å². The van der Waals surface area contributed by atoms with Crippen LogP contribution in [0.4, 0.5) is 0 Å². The van der Waals surface area contributed by atoms with Gasteiger partial charge in [-0.05, 0) is 13.3 Å². The fraction of sp³-hybridized carbons (Fsp3) is 0.818. The molecule has 2 aliphatic heterocycles. The van der Waals surface area contributed by atoms with Crippen molar-refractivity contribution in [3.05, 3.63) is 0 Å². The molecule has 0 unspecified atom stereocenters. The Bertz CT molecular complexity index is 356. The summed E-state index contributed by atoms with van der Waals surface area (Å²) in [5, 5.41) is 0. The highest BCUT2D eigenvalue weighted by Gasteiger charge is 2.69. The van der Waals surface area contributed by atoms with E-state index in [1.807, 2.05) is 0 Å². The third kappa shape index (κ3) is 1.15. The van der Waals surface area contributed by atoms with Crippen LogP contribution in [-0.4, -0.2) is 47.7 Å². The Morgan fingerprint density at radius 1 is 1.44 bits per heavy atom. The van der Waals surface area contributed by atoms with Gasteiger partial charge >= 0.3 is 5.97 Å². The number of carbonyl (C=O) groups is 2. The first kappa shape index (κ1) is 10.1. The van der Waals surface area contributed by atoms with Crippen LogP contribution in [-0.2, 0) is 19.1 Å². The number of piperidine rings is 1. The van der Waals surface area contributed by atoms with E-state index in [-0.39, 0.29) is 36.0 Å². The minimum absolute atomic E-state index is 0.0560. The summed E-state index contributed by atoms with van der Waals surface area (Å²) in [5.41, 5.74) is 0. The third-order valence-electron chi connectivity index (χ3n) is 3.83. The molecule has 3 aliphatic rings. The zero-order valence-corrected chi connectivity index (χ0v) is 9.38. The van der Waals surface area contributed by atoms with Crippen LogP contribution in [0.15, 0.2) is 0 Å². The molecule has 2 saturated heterocycles. The number of esters is 1. The van der Waals surface area contributed by atoms with E-state index in [0.29, 0.717) is 6.61 Å². The van der Waals surface area contributed by atoms with Crippen LogP contribution in [0, 0.1) is 5.92 Å². The molecular formula is C11H15NO4. The second kappa shape index (κ2) is 3.20. The summed E-state index contributed by atoms with van der Waals surface area (Å²) < 4.78 is 10.5. The van der Waals surface area contributed by atoms with Crippen LogP contribution in [0.5, 0.6) is 0 Å². The summed E-state index contributed by atoms with van der Waals surface area (Å²) in [7, 11) is 0. The zero-order valence-electron chi connectivity index (χ0n) is 9.38. The molecule has 2 heterocycles. The molecule has 1 saturated carbocycles. The largest absolute Gasteiger partial charge is 0.464 e. The van der Waals surface area contributed by atoms with Gasteiger partial charge < -0.3 is 14.4 Å². The Balaban J connectivity index is 1.85. The minimum atomic E-state index is -0.411. The van der Waals surface area contributed by atoms with E-state index >= 15 is 0 Å². The Morgan fingerprint density at radius 2 is 2.19 bits per heavy atom. The molecule has 0 aromatic heterocycles. The number of fused-ring (bicyclic) bond motifs is 5. The summed E-state index contributed by atoms with van der Waals surface area (Å²) in [6, 6.07) is -0.312. The molecule has 3 rings (SSSR count). The zero-order chi connectivity index (χ0) is 11.4. The molecule has 5 heteroatoms. The van der Waals surface area contributed by atoms with E-state index in [0.717, 1.165) is 6.42 Å². The van der Waals surface area contributed by atoms with Crippen molar-refractivity contribution in [1.29, 1.82) is 0 Å². The van der Waals surface area contributed by atoms with Crippen molar-refractivity contribution in [2.75, 3.05) is 6.61 Å². The Kier molecular flexibility index (Phi) is 2.01. The fourth-order valence-corrected chi connectivity index (χ4v) is 3.28. The first-order chi connectivity index (χ1) is 7.65. The molecule has 0 radical (unpaired) electrons. The molecule has 0 N–H and O–H groups in total. The molecule has 0 aromatic rings. The predicted octanol–water partition coefficient (Wildman–Crippen LogP) is -0.0639. The van der Waals surface area contributed by atoms with E-state index in [1.54, 1.807) is 11.8 Å². The van der Waals surface area contributed by atoms with E-state index in [2.05, 4.69) is 0 Å². The van der Waals surface area contributed by atoms with Crippen LogP contribution < -0.4 is 0 Å². The molecule has 0 aromatic carbocycles. The maximum Gasteiger partial charge on any atom is 0.329 e. The van der Waals surface area contributed by atoms with Crippen LogP contribution in [0.1, 0.15) is 20.3 Å². The van der Waals surface area contributed by atoms with Gasteiger partial charge in [-0.15, -0.1) is 0 Å². The number of epoxide rings is 1. The number of nitrogens with zero attached hydrogens (tertiary/aromatic N) is 1. The summed E-state index contributed by atoms with van der Waals surface area (Å²) >= 11 is 0. The van der Waals surface area contributed by atoms with Gasteiger partial charge in [-0.2, -0.15) is 0 Å². The molecule has 1 amide bonds. The number of ether oxygens (including phenoxy) is 2. The van der Waals surface area contributed by atoms with Crippen molar-refractivity contribution in [3.8, 4) is 0 Å². The highest BCUT2D eigenvalue weighted by atomic mass is 16.6. The Morgan fingerprint density at radius 3 is 2.81 bits per heavy atom. The predicted molar refractivity (Wildman–Crippen MR) is 53.5 cm³/mol. The molecule has 0 spiro atoms. The lowest BCUT2D eigenvalue weighted by Crippen LogP contribution is -2.51. The first-order valence-electron chi connectivity index (χ1n) is 5.76. The Hall–Kier alpha value is -1.10. The normalized spacial score (nSPS) is 43.1. The second-order valence-corrected chi connectivity index (χ2v) is 4.66. The van der Waals surface area contributed by atoms with Crippen molar-refractivity contribution >= 4 is 11.9 Å². The molecule has 2 bridgehead atoms. The number of carbonyl (C=O) groups excluding carboxylic acids is 2. The van der Waals surface area contributed by atoms with E-state index in [4.69, 9.17) is 9.47 Å². The second-order valence-electron chi connectivity index (χ2n) is 4.66. The summed E-state index contributed by atoms with van der Waals surface area (Å²) in [6.07, 6.45) is 1.26. The number of amides is 1. The van der Waals surface area contributed by atoms with E-state index < -0.39 is 6.04 Å². The first-order valence-corrected chi connectivity index (χ1v) is 5.76. The molecule has 3 fully saturated rings. The maximum atomic E-state index is 11.8. The van der Waals surface area contributed by atoms with Crippen molar-refractivity contribution in [2.45, 2.75) is 44.6 Å². The van der Waals surface area contributed by atoms with Crippen molar-refractivity contribution < 1.29 is 19.1 Å². The molecule has 1 aliphatic carbocycles. The lowest BCUT2D eigenvalue weighted by atomic mass is 9.98. The summed E-state index contributed by atoms with van der Waals surface area (Å²) in [4.78, 5) is 25.1. The molecular weight excluding hydrogens is 210 g/mol. The molecule has 5 nitrogen and oxygen atoms in total. The van der Waals surface area contributed by atoms with Gasteiger partial charge in [0.25, 0.3) is 0 Å². The van der Waals surface area contributed by atoms with Crippen molar-refractivity contribution in [2.24, 2.45) is 5.92 Å². The van der Waals surface area contributed by atoms with E-state index in [1.165, 1.54) is 6.92 Å². The van der Waals surface area contributed by atoms with Gasteiger partial charge in [0.2, 0.25) is 5.91 Å². The minimum Gasteiger partial charge on any atom is -0.464 e. The van der Waals surface area contributed by atoms with Crippen LogP contribution >= 0.6 is 0 Å². The summed E-state index contributed by atoms with van der Waals surface area (Å²) in [6.45, 7) is 3.64. The maximum absolute atomic E-state index is 11.8. The van der Waals surface area contributed by atoms with Gasteiger partial charge in [-0.3, -0.25) is 4.79 Å². The Labute approximate surface area is 93.7 Å². The van der Waals surface area contributed by atoms with Gasteiger partial charge in [0.15, 0.2) is 0 Å². The van der Waals surface area contributed by atoms with Gasteiger partial charge in [0, 0.05) is 12.8 Å². The molecule has 16 heavy (non-hydrogen) atoms. The number of hydrogen-bond acceptors (Lipinski definition) is 4. The average molecular weight is 225 g/mol. The third-order valence-corrected chi connectivity index (χ3v) is 3.83. The standard InChI is InChI=1S/C11H15NO4/c1-3-15-11(14)8-6-4-7(10-9(6)16-10)12(8)5(2)13/h6-10H,3-4H2,1-2H3/t6-,7-,8-,9-,10+/m0/s1. The lowest BCUT2D eigenvalue weighted by molar-refractivity contribution is -0.155.